The maximum absolute atomic E-state index is 11.4. The van der Waals surface area contributed by atoms with E-state index in [-0.39, 0.29) is 28.9 Å². The number of carbonyl (C=O) groups is 1. The maximum atomic E-state index is 11.4. The minimum Gasteiger partial charge on any atom is -0.466 e. The zero-order valence-corrected chi connectivity index (χ0v) is 9.58. The number of hydrogen-bond donors (Lipinski definition) is 0. The van der Waals surface area contributed by atoms with Gasteiger partial charge in [0, 0.05) is 13.1 Å². The summed E-state index contributed by atoms with van der Waals surface area (Å²) in [5.41, 5.74) is 0. The van der Waals surface area contributed by atoms with Crippen LogP contribution in [-0.4, -0.2) is 37.1 Å². The van der Waals surface area contributed by atoms with E-state index in [4.69, 9.17) is 4.74 Å². The van der Waals surface area contributed by atoms with Crippen LogP contribution in [0.2, 0.25) is 0 Å². The molecule has 0 aliphatic carbocycles. The lowest BCUT2D eigenvalue weighted by Crippen LogP contribution is -2.30. The molecule has 13 heavy (non-hydrogen) atoms. The highest BCUT2D eigenvalue weighted by atomic mass is 79.9. The van der Waals surface area contributed by atoms with Gasteiger partial charge in [-0.05, 0) is 25.8 Å². The van der Waals surface area contributed by atoms with Gasteiger partial charge in [-0.3, -0.25) is 4.79 Å². The molecular weight excluding hydrogens is 234 g/mol. The molecule has 0 saturated carbocycles. The Bertz CT molecular complexity index is 198. The molecule has 0 aromatic heterocycles. The summed E-state index contributed by atoms with van der Waals surface area (Å²) in [6, 6.07) is 0. The number of ether oxygens (including phenoxy) is 1. The van der Waals surface area contributed by atoms with Gasteiger partial charge in [-0.25, -0.2) is 0 Å². The van der Waals surface area contributed by atoms with E-state index < -0.39 is 0 Å². The highest BCUT2D eigenvalue weighted by molar-refractivity contribution is 8.93. The molecule has 0 N–H and O–H groups in total. The van der Waals surface area contributed by atoms with Gasteiger partial charge in [-0.2, -0.15) is 0 Å². The van der Waals surface area contributed by atoms with E-state index in [1.54, 1.807) is 0 Å². The fourth-order valence-corrected chi connectivity index (χ4v) is 2.30. The maximum Gasteiger partial charge on any atom is 0.310 e. The largest absolute Gasteiger partial charge is 0.466 e. The Balaban J connectivity index is 0.000000845. The van der Waals surface area contributed by atoms with Crippen molar-refractivity contribution in [1.82, 2.24) is 4.90 Å². The number of carbonyl (C=O) groups excluding carboxylic acids is 1. The number of halogens is 1. The normalized spacial score (nSPS) is 35.6. The average molecular weight is 250 g/mol. The molecule has 76 valence electrons. The van der Waals surface area contributed by atoms with Crippen LogP contribution in [0.1, 0.15) is 13.3 Å². The van der Waals surface area contributed by atoms with E-state index in [2.05, 4.69) is 4.90 Å². The first-order valence-corrected chi connectivity index (χ1v) is 4.70. The second-order valence-corrected chi connectivity index (χ2v) is 3.67. The van der Waals surface area contributed by atoms with Crippen LogP contribution in [0.15, 0.2) is 0 Å². The van der Waals surface area contributed by atoms with Gasteiger partial charge in [-0.15, -0.1) is 17.0 Å². The summed E-state index contributed by atoms with van der Waals surface area (Å²) in [7, 11) is 0. The molecule has 2 fully saturated rings. The summed E-state index contributed by atoms with van der Waals surface area (Å²) in [6.45, 7) is 5.61. The molecule has 2 rings (SSSR count). The molecule has 0 aromatic rings. The molecule has 0 amide bonds. The first kappa shape index (κ1) is 11.0. The van der Waals surface area contributed by atoms with Crippen LogP contribution in [-0.2, 0) is 9.53 Å². The van der Waals surface area contributed by atoms with Crippen LogP contribution in [0.3, 0.4) is 0 Å². The lowest BCUT2D eigenvalue weighted by atomic mass is 9.93. The zero-order valence-electron chi connectivity index (χ0n) is 7.86. The summed E-state index contributed by atoms with van der Waals surface area (Å²) in [6.07, 6.45) is 1.18. The standard InChI is InChI=1S/C9H15NO2.BrH/c1-2-12-9(11)8-6-10-4-3-7(8)5-10;/h7-8H,2-6H2,1H3;1H/t7-,8+;/m0./s1. The summed E-state index contributed by atoms with van der Waals surface area (Å²) in [4.78, 5) is 13.7. The third-order valence-electron chi connectivity index (χ3n) is 2.92. The van der Waals surface area contributed by atoms with Crippen molar-refractivity contribution in [1.29, 1.82) is 0 Å². The zero-order chi connectivity index (χ0) is 8.55. The Morgan fingerprint density at radius 3 is 2.77 bits per heavy atom. The summed E-state index contributed by atoms with van der Waals surface area (Å²) in [5.74, 6) is 0.785. The predicted molar refractivity (Wildman–Crippen MR) is 55.0 cm³/mol. The number of rotatable bonds is 2. The fraction of sp³-hybridized carbons (Fsp3) is 0.889. The van der Waals surface area contributed by atoms with E-state index in [9.17, 15) is 4.79 Å². The molecule has 0 spiro atoms. The van der Waals surface area contributed by atoms with Gasteiger partial charge in [0.25, 0.3) is 0 Å². The van der Waals surface area contributed by atoms with E-state index in [1.165, 1.54) is 13.0 Å². The number of nitrogens with zero attached hydrogens (tertiary/aromatic N) is 1. The highest BCUT2D eigenvalue weighted by Crippen LogP contribution is 2.33. The Labute approximate surface area is 89.2 Å². The Morgan fingerprint density at radius 2 is 2.31 bits per heavy atom. The van der Waals surface area contributed by atoms with Gasteiger partial charge >= 0.3 is 5.97 Å². The monoisotopic (exact) mass is 249 g/mol. The molecule has 0 radical (unpaired) electrons. The topological polar surface area (TPSA) is 29.5 Å². The molecule has 3 nitrogen and oxygen atoms in total. The van der Waals surface area contributed by atoms with E-state index >= 15 is 0 Å². The average Bonchev–Trinajstić information content (AvgIpc) is 2.64. The number of piperidine rings is 1. The molecule has 2 aliphatic heterocycles. The molecule has 2 heterocycles. The van der Waals surface area contributed by atoms with Crippen molar-refractivity contribution in [3.8, 4) is 0 Å². The van der Waals surface area contributed by atoms with Crippen LogP contribution in [0.4, 0.5) is 0 Å². The van der Waals surface area contributed by atoms with Crippen molar-refractivity contribution in [2.24, 2.45) is 11.8 Å². The molecule has 0 aromatic carbocycles. The minimum atomic E-state index is 0. The highest BCUT2D eigenvalue weighted by Gasteiger charge is 2.42. The summed E-state index contributed by atoms with van der Waals surface area (Å²) in [5, 5.41) is 0. The molecular formula is C9H16BrNO2. The first-order valence-electron chi connectivity index (χ1n) is 4.70. The number of fused-ring (bicyclic) bond motifs is 2. The number of hydrogen-bond acceptors (Lipinski definition) is 3. The van der Waals surface area contributed by atoms with Gasteiger partial charge in [0.1, 0.15) is 0 Å². The third-order valence-corrected chi connectivity index (χ3v) is 2.92. The fourth-order valence-electron chi connectivity index (χ4n) is 2.30. The molecule has 2 saturated heterocycles. The van der Waals surface area contributed by atoms with E-state index in [0.717, 1.165) is 13.1 Å². The first-order chi connectivity index (χ1) is 5.81. The SMILES string of the molecule is Br.CCOC(=O)[C@@H]1CN2CC[C@H]1C2. The van der Waals surface area contributed by atoms with Crippen LogP contribution in [0, 0.1) is 11.8 Å². The van der Waals surface area contributed by atoms with Crippen LogP contribution >= 0.6 is 17.0 Å². The quantitative estimate of drug-likeness (QED) is 0.687. The van der Waals surface area contributed by atoms with Gasteiger partial charge in [0.15, 0.2) is 0 Å². The lowest BCUT2D eigenvalue weighted by Gasteiger charge is -2.19. The third kappa shape index (κ3) is 2.05. The molecule has 2 bridgehead atoms. The summed E-state index contributed by atoms with van der Waals surface area (Å²) >= 11 is 0. The Kier molecular flexibility index (Phi) is 3.74. The predicted octanol–water partition coefficient (Wildman–Crippen LogP) is 1.08. The Morgan fingerprint density at radius 1 is 1.54 bits per heavy atom. The second kappa shape index (κ2) is 4.42. The van der Waals surface area contributed by atoms with Gasteiger partial charge in [0.05, 0.1) is 12.5 Å². The van der Waals surface area contributed by atoms with Crippen molar-refractivity contribution >= 4 is 23.0 Å². The van der Waals surface area contributed by atoms with Crippen molar-refractivity contribution in [3.63, 3.8) is 0 Å². The smallest absolute Gasteiger partial charge is 0.310 e. The molecule has 4 heteroatoms. The van der Waals surface area contributed by atoms with Crippen molar-refractivity contribution in [3.05, 3.63) is 0 Å². The number of esters is 1. The van der Waals surface area contributed by atoms with Crippen molar-refractivity contribution < 1.29 is 9.53 Å². The molecule has 1 unspecified atom stereocenters. The van der Waals surface area contributed by atoms with Crippen LogP contribution in [0.5, 0.6) is 0 Å². The second-order valence-electron chi connectivity index (χ2n) is 3.67. The van der Waals surface area contributed by atoms with E-state index in [0.29, 0.717) is 12.5 Å². The molecule has 3 atom stereocenters. The summed E-state index contributed by atoms with van der Waals surface area (Å²) < 4.78 is 5.01. The Hall–Kier alpha value is -0.0900. The van der Waals surface area contributed by atoms with Gasteiger partial charge < -0.3 is 9.64 Å². The molecule has 2 aliphatic rings. The van der Waals surface area contributed by atoms with Crippen molar-refractivity contribution in [2.75, 3.05) is 26.2 Å². The van der Waals surface area contributed by atoms with Gasteiger partial charge in [0.2, 0.25) is 0 Å². The lowest BCUT2D eigenvalue weighted by molar-refractivity contribution is -0.149. The van der Waals surface area contributed by atoms with E-state index in [1.807, 2.05) is 6.92 Å². The van der Waals surface area contributed by atoms with Crippen LogP contribution < -0.4 is 0 Å². The minimum absolute atomic E-state index is 0. The van der Waals surface area contributed by atoms with Crippen LogP contribution in [0.25, 0.3) is 0 Å². The van der Waals surface area contributed by atoms with Gasteiger partial charge in [-0.1, -0.05) is 0 Å². The van der Waals surface area contributed by atoms with Crippen molar-refractivity contribution in [2.45, 2.75) is 13.3 Å².